The Kier molecular flexibility index (Phi) is 4.21. The number of aliphatic carboxylic acids is 1. The highest BCUT2D eigenvalue weighted by Crippen LogP contribution is 2.38. The quantitative estimate of drug-likeness (QED) is 0.681. The summed E-state index contributed by atoms with van der Waals surface area (Å²) in [5.41, 5.74) is -2.39. The molecular weight excluding hydrogens is 281 g/mol. The number of nitro groups is 1. The van der Waals surface area contributed by atoms with Gasteiger partial charge in [-0.2, -0.15) is 13.2 Å². The van der Waals surface area contributed by atoms with Crippen LogP contribution >= 0.6 is 0 Å². The zero-order chi connectivity index (χ0) is 15.7. The number of non-ortho nitro benzene ring substituents is 1. The zero-order valence-corrected chi connectivity index (χ0v) is 10.5. The molecule has 20 heavy (non-hydrogen) atoms. The number of benzene rings is 1. The summed E-state index contributed by atoms with van der Waals surface area (Å²) in [6.45, 7) is 1.21. The number of likely N-dealkylation sites (N-methyl/N-ethyl adjacent to an activating group) is 1. The second kappa shape index (κ2) is 5.35. The molecule has 110 valence electrons. The number of carboxylic acids is 1. The van der Waals surface area contributed by atoms with Crippen LogP contribution in [-0.2, 0) is 11.0 Å². The summed E-state index contributed by atoms with van der Waals surface area (Å²) in [5.74, 6) is -1.31. The summed E-state index contributed by atoms with van der Waals surface area (Å²) in [4.78, 5) is 21.3. The Balaban J connectivity index is 3.39. The Morgan fingerprint density at radius 2 is 2.00 bits per heavy atom. The lowest BCUT2D eigenvalue weighted by molar-refractivity contribution is -0.385. The van der Waals surface area contributed by atoms with Gasteiger partial charge in [0.1, 0.15) is 6.04 Å². The molecule has 0 fully saturated rings. The van der Waals surface area contributed by atoms with E-state index in [1.54, 1.807) is 0 Å². The number of rotatable bonds is 4. The molecule has 0 aromatic heterocycles. The molecule has 6 nitrogen and oxygen atoms in total. The van der Waals surface area contributed by atoms with E-state index >= 15 is 0 Å². The van der Waals surface area contributed by atoms with Crippen molar-refractivity contribution in [1.29, 1.82) is 0 Å². The van der Waals surface area contributed by atoms with Crippen molar-refractivity contribution < 1.29 is 28.0 Å². The molecule has 0 aliphatic heterocycles. The van der Waals surface area contributed by atoms with Crippen molar-refractivity contribution in [1.82, 2.24) is 0 Å². The Labute approximate surface area is 111 Å². The number of alkyl halides is 3. The van der Waals surface area contributed by atoms with E-state index in [9.17, 15) is 28.1 Å². The topological polar surface area (TPSA) is 83.7 Å². The van der Waals surface area contributed by atoms with E-state index < -0.39 is 40.0 Å². The van der Waals surface area contributed by atoms with Crippen LogP contribution < -0.4 is 4.90 Å². The van der Waals surface area contributed by atoms with Crippen LogP contribution in [0.15, 0.2) is 18.2 Å². The molecule has 1 rings (SSSR count). The SMILES string of the molecule is CC(C(=O)O)N(C)c1ccc([N+](=O)[O-])cc1C(F)(F)F. The third-order valence-electron chi connectivity index (χ3n) is 2.81. The predicted molar refractivity (Wildman–Crippen MR) is 63.6 cm³/mol. The summed E-state index contributed by atoms with van der Waals surface area (Å²) < 4.78 is 38.8. The first-order valence-electron chi connectivity index (χ1n) is 5.37. The molecule has 0 aliphatic carbocycles. The maximum atomic E-state index is 12.9. The highest BCUT2D eigenvalue weighted by molar-refractivity contribution is 5.78. The smallest absolute Gasteiger partial charge is 0.418 e. The lowest BCUT2D eigenvalue weighted by Crippen LogP contribution is -2.37. The molecule has 1 aromatic rings. The van der Waals surface area contributed by atoms with Gasteiger partial charge in [-0.1, -0.05) is 0 Å². The first-order valence-corrected chi connectivity index (χ1v) is 5.37. The first-order chi connectivity index (χ1) is 9.05. The number of hydrogen-bond donors (Lipinski definition) is 1. The van der Waals surface area contributed by atoms with Crippen LogP contribution in [0, 0.1) is 10.1 Å². The van der Waals surface area contributed by atoms with Gasteiger partial charge in [0.05, 0.1) is 10.5 Å². The summed E-state index contributed by atoms with van der Waals surface area (Å²) in [6.07, 6.45) is -4.83. The van der Waals surface area contributed by atoms with Crippen LogP contribution in [-0.4, -0.2) is 29.1 Å². The minimum Gasteiger partial charge on any atom is -0.480 e. The van der Waals surface area contributed by atoms with Crippen molar-refractivity contribution in [3.8, 4) is 0 Å². The molecule has 0 aliphatic rings. The van der Waals surface area contributed by atoms with Gasteiger partial charge in [-0.25, -0.2) is 4.79 Å². The number of carboxylic acid groups (broad SMARTS) is 1. The van der Waals surface area contributed by atoms with E-state index in [4.69, 9.17) is 5.11 Å². The molecule has 0 saturated carbocycles. The number of carbonyl (C=O) groups is 1. The second-order valence-electron chi connectivity index (χ2n) is 4.08. The Bertz CT molecular complexity index is 545. The molecule has 0 saturated heterocycles. The fourth-order valence-corrected chi connectivity index (χ4v) is 1.55. The highest BCUT2D eigenvalue weighted by atomic mass is 19.4. The fourth-order valence-electron chi connectivity index (χ4n) is 1.55. The summed E-state index contributed by atoms with van der Waals surface area (Å²) >= 11 is 0. The lowest BCUT2D eigenvalue weighted by Gasteiger charge is -2.26. The third kappa shape index (κ3) is 3.16. The number of nitro benzene ring substituents is 1. The van der Waals surface area contributed by atoms with Gasteiger partial charge in [0.25, 0.3) is 5.69 Å². The monoisotopic (exact) mass is 292 g/mol. The summed E-state index contributed by atoms with van der Waals surface area (Å²) in [5, 5.41) is 19.4. The third-order valence-corrected chi connectivity index (χ3v) is 2.81. The molecular formula is C11H11F3N2O4. The summed E-state index contributed by atoms with van der Waals surface area (Å²) in [7, 11) is 1.18. The molecule has 0 bridgehead atoms. The van der Waals surface area contributed by atoms with Crippen LogP contribution in [0.2, 0.25) is 0 Å². The van der Waals surface area contributed by atoms with Gasteiger partial charge < -0.3 is 10.0 Å². The molecule has 0 radical (unpaired) electrons. The molecule has 0 heterocycles. The van der Waals surface area contributed by atoms with E-state index in [0.717, 1.165) is 17.0 Å². The van der Waals surface area contributed by atoms with Gasteiger partial charge in [0, 0.05) is 24.9 Å². The van der Waals surface area contributed by atoms with Crippen molar-refractivity contribution in [3.63, 3.8) is 0 Å². The van der Waals surface area contributed by atoms with E-state index in [-0.39, 0.29) is 0 Å². The summed E-state index contributed by atoms with van der Waals surface area (Å²) in [6, 6.07) is 0.966. The highest BCUT2D eigenvalue weighted by Gasteiger charge is 2.37. The van der Waals surface area contributed by atoms with E-state index in [2.05, 4.69) is 0 Å². The average Bonchev–Trinajstić information content (AvgIpc) is 2.34. The van der Waals surface area contributed by atoms with Gasteiger partial charge >= 0.3 is 12.1 Å². The molecule has 1 atom stereocenters. The maximum absolute atomic E-state index is 12.9. The fraction of sp³-hybridized carbons (Fsp3) is 0.364. The van der Waals surface area contributed by atoms with Crippen molar-refractivity contribution in [2.45, 2.75) is 19.1 Å². The maximum Gasteiger partial charge on any atom is 0.418 e. The van der Waals surface area contributed by atoms with E-state index in [1.165, 1.54) is 14.0 Å². The molecule has 1 aromatic carbocycles. The minimum absolute atomic E-state index is 0.389. The lowest BCUT2D eigenvalue weighted by atomic mass is 10.1. The van der Waals surface area contributed by atoms with Crippen molar-refractivity contribution in [2.24, 2.45) is 0 Å². The Hall–Kier alpha value is -2.32. The second-order valence-corrected chi connectivity index (χ2v) is 4.08. The largest absolute Gasteiger partial charge is 0.480 e. The number of halogens is 3. The van der Waals surface area contributed by atoms with Crippen LogP contribution in [0.4, 0.5) is 24.5 Å². The van der Waals surface area contributed by atoms with Gasteiger partial charge in [-0.15, -0.1) is 0 Å². The Morgan fingerprint density at radius 3 is 2.40 bits per heavy atom. The normalized spacial score (nSPS) is 12.8. The number of anilines is 1. The standard InChI is InChI=1S/C11H11F3N2O4/c1-6(10(17)18)15(2)9-4-3-7(16(19)20)5-8(9)11(12,13)14/h3-6H,1-2H3,(H,17,18). The molecule has 0 amide bonds. The van der Waals surface area contributed by atoms with Crippen molar-refractivity contribution in [2.75, 3.05) is 11.9 Å². The molecule has 1 N–H and O–H groups in total. The number of nitrogens with zero attached hydrogens (tertiary/aromatic N) is 2. The predicted octanol–water partition coefficient (Wildman–Crippen LogP) is 2.52. The first kappa shape index (κ1) is 15.7. The van der Waals surface area contributed by atoms with Gasteiger partial charge in [-0.3, -0.25) is 10.1 Å². The van der Waals surface area contributed by atoms with Crippen LogP contribution in [0.5, 0.6) is 0 Å². The molecule has 9 heteroatoms. The van der Waals surface area contributed by atoms with Gasteiger partial charge in [0.2, 0.25) is 0 Å². The molecule has 1 unspecified atom stereocenters. The van der Waals surface area contributed by atoms with Gasteiger partial charge in [-0.05, 0) is 13.0 Å². The van der Waals surface area contributed by atoms with Crippen LogP contribution in [0.1, 0.15) is 12.5 Å². The van der Waals surface area contributed by atoms with E-state index in [1.807, 2.05) is 0 Å². The van der Waals surface area contributed by atoms with Crippen LogP contribution in [0.3, 0.4) is 0 Å². The zero-order valence-electron chi connectivity index (χ0n) is 10.5. The Morgan fingerprint density at radius 1 is 1.45 bits per heavy atom. The average molecular weight is 292 g/mol. The van der Waals surface area contributed by atoms with Crippen molar-refractivity contribution >= 4 is 17.3 Å². The minimum atomic E-state index is -4.83. The molecule has 0 spiro atoms. The van der Waals surface area contributed by atoms with Crippen molar-refractivity contribution in [3.05, 3.63) is 33.9 Å². The van der Waals surface area contributed by atoms with Gasteiger partial charge in [0.15, 0.2) is 0 Å². The van der Waals surface area contributed by atoms with Crippen LogP contribution in [0.25, 0.3) is 0 Å². The van der Waals surface area contributed by atoms with E-state index in [0.29, 0.717) is 6.07 Å². The number of hydrogen-bond acceptors (Lipinski definition) is 4.